The Morgan fingerprint density at radius 2 is 1.36 bits per heavy atom. The molecule has 0 aromatic rings. The molecule has 0 aliphatic carbocycles. The molecule has 25 heavy (non-hydrogen) atoms. The lowest BCUT2D eigenvalue weighted by Crippen LogP contribution is -2.29. The molecule has 0 rings (SSSR count). The fraction of sp³-hybridized carbons (Fsp3) is 0.895. The SMILES string of the molecule is CCCCC(CC)CN(CC(CC)CCCC)SOOC(C#N)C#N. The van der Waals surface area contributed by atoms with Crippen molar-refractivity contribution in [3.63, 3.8) is 0 Å². The van der Waals surface area contributed by atoms with Crippen molar-refractivity contribution in [2.75, 3.05) is 13.1 Å². The second-order valence-electron chi connectivity index (χ2n) is 6.56. The third-order valence-electron chi connectivity index (χ3n) is 4.52. The molecule has 0 aromatic carbocycles. The minimum atomic E-state index is -1.18. The third kappa shape index (κ3) is 12.2. The van der Waals surface area contributed by atoms with Gasteiger partial charge >= 0.3 is 0 Å². The van der Waals surface area contributed by atoms with Crippen LogP contribution in [0.4, 0.5) is 0 Å². The first kappa shape index (κ1) is 24.2. The molecule has 5 nitrogen and oxygen atoms in total. The Morgan fingerprint density at radius 3 is 1.72 bits per heavy atom. The fourth-order valence-electron chi connectivity index (χ4n) is 2.72. The van der Waals surface area contributed by atoms with Gasteiger partial charge in [-0.2, -0.15) is 15.4 Å². The van der Waals surface area contributed by atoms with Gasteiger partial charge in [-0.05, 0) is 24.7 Å². The molecule has 2 unspecified atom stereocenters. The molecule has 0 aliphatic rings. The maximum absolute atomic E-state index is 8.75. The van der Waals surface area contributed by atoms with Gasteiger partial charge in [0.15, 0.2) is 0 Å². The maximum atomic E-state index is 8.75. The van der Waals surface area contributed by atoms with Crippen molar-refractivity contribution in [3.8, 4) is 12.1 Å². The Balaban J connectivity index is 4.66. The minimum Gasteiger partial charge on any atom is -0.224 e. The lowest BCUT2D eigenvalue weighted by atomic mass is 9.97. The largest absolute Gasteiger partial charge is 0.265 e. The molecule has 0 amide bonds. The predicted molar refractivity (Wildman–Crippen MR) is 103 cm³/mol. The lowest BCUT2D eigenvalue weighted by Gasteiger charge is -2.28. The first-order valence-electron chi connectivity index (χ1n) is 9.69. The Kier molecular flexibility index (Phi) is 16.1. The monoisotopic (exact) mass is 369 g/mol. The summed E-state index contributed by atoms with van der Waals surface area (Å²) in [6, 6.07) is 3.49. The maximum Gasteiger partial charge on any atom is 0.265 e. The van der Waals surface area contributed by atoms with E-state index in [-0.39, 0.29) is 0 Å². The van der Waals surface area contributed by atoms with Crippen molar-refractivity contribution in [3.05, 3.63) is 0 Å². The van der Waals surface area contributed by atoms with Crippen LogP contribution in [0.1, 0.15) is 79.1 Å². The van der Waals surface area contributed by atoms with Crippen LogP contribution >= 0.6 is 12.2 Å². The number of nitrogens with zero attached hydrogens (tertiary/aromatic N) is 3. The summed E-state index contributed by atoms with van der Waals surface area (Å²) in [6.45, 7) is 10.8. The quantitative estimate of drug-likeness (QED) is 0.152. The zero-order chi connectivity index (χ0) is 18.9. The third-order valence-corrected chi connectivity index (χ3v) is 5.16. The molecule has 0 aromatic heterocycles. The van der Waals surface area contributed by atoms with Crippen LogP contribution in [0, 0.1) is 34.5 Å². The van der Waals surface area contributed by atoms with Gasteiger partial charge in [0, 0.05) is 13.1 Å². The van der Waals surface area contributed by atoms with E-state index < -0.39 is 6.10 Å². The first-order chi connectivity index (χ1) is 12.1. The van der Waals surface area contributed by atoms with Crippen molar-refractivity contribution in [2.45, 2.75) is 85.2 Å². The van der Waals surface area contributed by atoms with Gasteiger partial charge in [-0.1, -0.05) is 66.2 Å². The zero-order valence-electron chi connectivity index (χ0n) is 16.4. The highest BCUT2D eigenvalue weighted by atomic mass is 32.2. The average molecular weight is 370 g/mol. The molecule has 0 radical (unpaired) electrons. The lowest BCUT2D eigenvalue weighted by molar-refractivity contribution is -0.202. The van der Waals surface area contributed by atoms with Crippen LogP contribution in [0.25, 0.3) is 0 Å². The van der Waals surface area contributed by atoms with Gasteiger partial charge < -0.3 is 0 Å². The summed E-state index contributed by atoms with van der Waals surface area (Å²) >= 11 is 1.14. The normalized spacial score (nSPS) is 13.6. The summed E-state index contributed by atoms with van der Waals surface area (Å²) < 4.78 is 7.34. The van der Waals surface area contributed by atoms with Crippen LogP contribution in [-0.4, -0.2) is 23.5 Å². The zero-order valence-corrected chi connectivity index (χ0v) is 17.2. The van der Waals surface area contributed by atoms with Crippen LogP contribution in [-0.2, 0) is 9.22 Å². The van der Waals surface area contributed by atoms with Gasteiger partial charge in [-0.3, -0.25) is 0 Å². The summed E-state index contributed by atoms with van der Waals surface area (Å²) in [6.07, 6.45) is 8.45. The number of rotatable bonds is 16. The van der Waals surface area contributed by atoms with Crippen molar-refractivity contribution >= 4 is 12.2 Å². The molecule has 0 aliphatic heterocycles. The van der Waals surface area contributed by atoms with Crippen LogP contribution in [0.3, 0.4) is 0 Å². The minimum absolute atomic E-state index is 0.627. The van der Waals surface area contributed by atoms with E-state index in [1.807, 2.05) is 0 Å². The second-order valence-corrected chi connectivity index (χ2v) is 7.36. The summed E-state index contributed by atoms with van der Waals surface area (Å²) in [7, 11) is 0. The Labute approximate surface area is 158 Å². The summed E-state index contributed by atoms with van der Waals surface area (Å²) in [5.41, 5.74) is 0. The van der Waals surface area contributed by atoms with Crippen LogP contribution < -0.4 is 0 Å². The summed E-state index contributed by atoms with van der Waals surface area (Å²) in [5, 5.41) is 17.5. The molecule has 0 N–H and O–H groups in total. The molecule has 0 saturated carbocycles. The fourth-order valence-corrected chi connectivity index (χ4v) is 3.46. The van der Waals surface area contributed by atoms with Crippen LogP contribution in [0.15, 0.2) is 0 Å². The van der Waals surface area contributed by atoms with Gasteiger partial charge in [-0.15, -0.1) is 4.33 Å². The summed E-state index contributed by atoms with van der Waals surface area (Å²) in [5.74, 6) is 1.25. The van der Waals surface area contributed by atoms with Gasteiger partial charge in [-0.25, -0.2) is 4.31 Å². The molecule has 144 valence electrons. The molecule has 0 spiro atoms. The van der Waals surface area contributed by atoms with Gasteiger partial charge in [0.25, 0.3) is 6.10 Å². The molecule has 0 heterocycles. The number of hydrogen-bond acceptors (Lipinski definition) is 6. The van der Waals surface area contributed by atoms with E-state index in [4.69, 9.17) is 19.7 Å². The first-order valence-corrected chi connectivity index (χ1v) is 10.4. The highest BCUT2D eigenvalue weighted by Gasteiger charge is 2.19. The van der Waals surface area contributed by atoms with Crippen molar-refractivity contribution in [1.29, 1.82) is 10.5 Å². The van der Waals surface area contributed by atoms with E-state index in [9.17, 15) is 0 Å². The highest BCUT2D eigenvalue weighted by Crippen LogP contribution is 2.24. The standard InChI is InChI=1S/C19H35N3O2S/c1-5-9-11-17(7-3)15-22(16-18(8-4)12-10-6-2)25-24-23-19(13-20)14-21/h17-19H,5-12,15-16H2,1-4H3. The smallest absolute Gasteiger partial charge is 0.224 e. The van der Waals surface area contributed by atoms with E-state index in [2.05, 4.69) is 32.0 Å². The molecular formula is C19H35N3O2S. The van der Waals surface area contributed by atoms with Crippen molar-refractivity contribution in [2.24, 2.45) is 11.8 Å². The molecule has 0 fully saturated rings. The Hall–Kier alpha value is -0.790. The van der Waals surface area contributed by atoms with E-state index in [0.717, 1.165) is 38.2 Å². The van der Waals surface area contributed by atoms with Crippen LogP contribution in [0.5, 0.6) is 0 Å². The summed E-state index contributed by atoms with van der Waals surface area (Å²) in [4.78, 5) is 4.86. The number of hydrogen-bond donors (Lipinski definition) is 0. The predicted octanol–water partition coefficient (Wildman–Crippen LogP) is 5.65. The topological polar surface area (TPSA) is 69.3 Å². The van der Waals surface area contributed by atoms with E-state index in [1.165, 1.54) is 38.5 Å². The van der Waals surface area contributed by atoms with E-state index in [0.29, 0.717) is 11.8 Å². The highest BCUT2D eigenvalue weighted by molar-refractivity contribution is 7.92. The van der Waals surface area contributed by atoms with E-state index >= 15 is 0 Å². The van der Waals surface area contributed by atoms with Gasteiger partial charge in [0.1, 0.15) is 24.4 Å². The van der Waals surface area contributed by atoms with Gasteiger partial charge in [0.2, 0.25) is 0 Å². The number of nitriles is 2. The number of unbranched alkanes of at least 4 members (excludes halogenated alkanes) is 2. The molecule has 0 saturated heterocycles. The average Bonchev–Trinajstić information content (AvgIpc) is 2.64. The Morgan fingerprint density at radius 1 is 0.880 bits per heavy atom. The molecule has 6 heteroatoms. The molecule has 0 bridgehead atoms. The second kappa shape index (κ2) is 16.7. The molecular weight excluding hydrogens is 334 g/mol. The molecule has 2 atom stereocenters. The van der Waals surface area contributed by atoms with Gasteiger partial charge in [0.05, 0.1) is 0 Å². The van der Waals surface area contributed by atoms with Crippen LogP contribution in [0.2, 0.25) is 0 Å². The van der Waals surface area contributed by atoms with Crippen molar-refractivity contribution < 1.29 is 9.22 Å². The van der Waals surface area contributed by atoms with Crippen molar-refractivity contribution in [1.82, 2.24) is 4.31 Å². The Bertz CT molecular complexity index is 363. The van der Waals surface area contributed by atoms with E-state index in [1.54, 1.807) is 12.1 Å².